The van der Waals surface area contributed by atoms with Gasteiger partial charge in [0.1, 0.15) is 11.4 Å². The number of allylic oxidation sites excluding steroid dienone is 1. The number of piperidine rings is 1. The topological polar surface area (TPSA) is 68.2 Å². The standard InChI is InChI=1S/C25H22N4O2/c1-19-6-2-9-22(28-19)10-3-7-20-12-16-29(17-13-20)24(30)21-8-4-11-23(18-21)31-25-26-14-5-15-27-25/h2,4-9,11,14-15,18H,12-13,16-17H2,1H3. The van der Waals surface area contributed by atoms with E-state index < -0.39 is 0 Å². The van der Waals surface area contributed by atoms with Crippen LogP contribution in [0.3, 0.4) is 0 Å². The molecular weight excluding hydrogens is 388 g/mol. The average molecular weight is 410 g/mol. The maximum absolute atomic E-state index is 12.9. The lowest BCUT2D eigenvalue weighted by atomic mass is 10.0. The number of pyridine rings is 1. The number of aromatic nitrogens is 3. The number of carbonyl (C=O) groups excluding carboxylic acids is 1. The lowest BCUT2D eigenvalue weighted by Gasteiger charge is -2.28. The highest BCUT2D eigenvalue weighted by atomic mass is 16.5. The van der Waals surface area contributed by atoms with Gasteiger partial charge >= 0.3 is 6.01 Å². The van der Waals surface area contributed by atoms with Crippen LogP contribution >= 0.6 is 0 Å². The van der Waals surface area contributed by atoms with E-state index in [0.29, 0.717) is 24.4 Å². The molecule has 1 aromatic carbocycles. The fourth-order valence-electron chi connectivity index (χ4n) is 3.28. The fourth-order valence-corrected chi connectivity index (χ4v) is 3.28. The first kappa shape index (κ1) is 20.3. The lowest BCUT2D eigenvalue weighted by molar-refractivity contribution is 0.0743. The van der Waals surface area contributed by atoms with Crippen LogP contribution in [0, 0.1) is 18.8 Å². The number of rotatable bonds is 3. The first-order valence-electron chi connectivity index (χ1n) is 10.1. The van der Waals surface area contributed by atoms with Crippen LogP contribution in [0.25, 0.3) is 0 Å². The number of ether oxygens (including phenoxy) is 1. The first-order chi connectivity index (χ1) is 15.2. The number of hydrogen-bond donors (Lipinski definition) is 0. The van der Waals surface area contributed by atoms with Crippen molar-refractivity contribution in [2.45, 2.75) is 19.8 Å². The third-order valence-corrected chi connectivity index (χ3v) is 4.89. The molecule has 0 atom stereocenters. The molecule has 2 aromatic heterocycles. The minimum Gasteiger partial charge on any atom is -0.424 e. The van der Waals surface area contributed by atoms with E-state index in [1.165, 1.54) is 5.57 Å². The van der Waals surface area contributed by atoms with Gasteiger partial charge in [-0.1, -0.05) is 23.6 Å². The van der Waals surface area contributed by atoms with Gasteiger partial charge in [0.05, 0.1) is 0 Å². The second-order valence-corrected chi connectivity index (χ2v) is 7.19. The Kier molecular flexibility index (Phi) is 6.34. The molecule has 0 spiro atoms. The van der Waals surface area contributed by atoms with Gasteiger partial charge < -0.3 is 9.64 Å². The molecule has 4 rings (SSSR count). The molecule has 0 N–H and O–H groups in total. The molecule has 0 saturated carbocycles. The summed E-state index contributed by atoms with van der Waals surface area (Å²) in [6.07, 6.45) is 6.81. The zero-order chi connectivity index (χ0) is 21.5. The van der Waals surface area contributed by atoms with E-state index in [9.17, 15) is 4.79 Å². The molecule has 0 unspecified atom stereocenters. The molecule has 1 aliphatic rings. The number of benzene rings is 1. The van der Waals surface area contributed by atoms with Crippen molar-refractivity contribution in [3.8, 4) is 23.6 Å². The Labute approximate surface area is 181 Å². The average Bonchev–Trinajstić information content (AvgIpc) is 2.80. The summed E-state index contributed by atoms with van der Waals surface area (Å²) in [7, 11) is 0. The van der Waals surface area contributed by atoms with Crippen LogP contribution in [-0.4, -0.2) is 38.8 Å². The second kappa shape index (κ2) is 9.68. The van der Waals surface area contributed by atoms with Gasteiger partial charge in [-0.05, 0) is 68.2 Å². The van der Waals surface area contributed by atoms with Crippen LogP contribution < -0.4 is 4.74 Å². The molecule has 6 nitrogen and oxygen atoms in total. The summed E-state index contributed by atoms with van der Waals surface area (Å²) in [5.41, 5.74) is 3.57. The number of amides is 1. The lowest BCUT2D eigenvalue weighted by Crippen LogP contribution is -2.36. The number of hydrogen-bond acceptors (Lipinski definition) is 5. The van der Waals surface area contributed by atoms with Gasteiger partial charge in [0.15, 0.2) is 0 Å². The van der Waals surface area contributed by atoms with E-state index >= 15 is 0 Å². The quantitative estimate of drug-likeness (QED) is 0.606. The summed E-state index contributed by atoms with van der Waals surface area (Å²) < 4.78 is 5.64. The van der Waals surface area contributed by atoms with Crippen LogP contribution in [0.4, 0.5) is 0 Å². The van der Waals surface area contributed by atoms with Crippen molar-refractivity contribution in [2.24, 2.45) is 0 Å². The highest BCUT2D eigenvalue weighted by Crippen LogP contribution is 2.22. The number of likely N-dealkylation sites (tertiary alicyclic amines) is 1. The monoisotopic (exact) mass is 410 g/mol. The van der Waals surface area contributed by atoms with Crippen LogP contribution in [0.5, 0.6) is 11.8 Å². The van der Waals surface area contributed by atoms with Crippen molar-refractivity contribution < 1.29 is 9.53 Å². The molecule has 154 valence electrons. The summed E-state index contributed by atoms with van der Waals surface area (Å²) >= 11 is 0. The Morgan fingerprint density at radius 2 is 1.84 bits per heavy atom. The molecule has 1 aliphatic heterocycles. The van der Waals surface area contributed by atoms with E-state index in [4.69, 9.17) is 4.74 Å². The summed E-state index contributed by atoms with van der Waals surface area (Å²) in [5.74, 6) is 6.71. The minimum atomic E-state index is -0.00600. The Hall–Kier alpha value is -3.98. The van der Waals surface area contributed by atoms with Crippen molar-refractivity contribution in [1.29, 1.82) is 0 Å². The molecule has 31 heavy (non-hydrogen) atoms. The zero-order valence-corrected chi connectivity index (χ0v) is 17.3. The highest BCUT2D eigenvalue weighted by molar-refractivity contribution is 5.94. The van der Waals surface area contributed by atoms with Crippen molar-refractivity contribution in [1.82, 2.24) is 19.9 Å². The van der Waals surface area contributed by atoms with Crippen molar-refractivity contribution >= 4 is 5.91 Å². The predicted molar refractivity (Wildman–Crippen MR) is 118 cm³/mol. The maximum atomic E-state index is 12.9. The van der Waals surface area contributed by atoms with E-state index in [1.54, 1.807) is 42.7 Å². The van der Waals surface area contributed by atoms with Gasteiger partial charge in [-0.2, -0.15) is 0 Å². The van der Waals surface area contributed by atoms with Gasteiger partial charge in [0.2, 0.25) is 0 Å². The van der Waals surface area contributed by atoms with Gasteiger partial charge in [-0.15, -0.1) is 0 Å². The van der Waals surface area contributed by atoms with Crippen molar-refractivity contribution in [3.05, 3.63) is 89.5 Å². The van der Waals surface area contributed by atoms with Crippen LogP contribution in [0.2, 0.25) is 0 Å². The fraction of sp³-hybridized carbons (Fsp3) is 0.200. The Morgan fingerprint density at radius 1 is 1.06 bits per heavy atom. The molecule has 1 fully saturated rings. The normalized spacial score (nSPS) is 13.2. The van der Waals surface area contributed by atoms with Gasteiger partial charge in [-0.25, -0.2) is 15.0 Å². The van der Waals surface area contributed by atoms with Crippen molar-refractivity contribution in [3.63, 3.8) is 0 Å². The number of nitrogens with zero attached hydrogens (tertiary/aromatic N) is 4. The molecule has 1 saturated heterocycles. The summed E-state index contributed by atoms with van der Waals surface area (Å²) in [6.45, 7) is 3.29. The van der Waals surface area contributed by atoms with E-state index in [-0.39, 0.29) is 11.9 Å². The molecule has 6 heteroatoms. The SMILES string of the molecule is Cc1cccc(C#CC=C2CCN(C(=O)c3cccc(Oc4ncccn4)c3)CC2)n1. The largest absolute Gasteiger partial charge is 0.424 e. The maximum Gasteiger partial charge on any atom is 0.321 e. The van der Waals surface area contributed by atoms with Crippen LogP contribution in [0.15, 0.2) is 72.6 Å². The zero-order valence-electron chi connectivity index (χ0n) is 17.3. The Balaban J connectivity index is 1.36. The Morgan fingerprint density at radius 3 is 2.61 bits per heavy atom. The van der Waals surface area contributed by atoms with E-state index in [0.717, 1.165) is 24.2 Å². The molecule has 1 amide bonds. The molecule has 0 bridgehead atoms. The van der Waals surface area contributed by atoms with Crippen molar-refractivity contribution in [2.75, 3.05) is 13.1 Å². The van der Waals surface area contributed by atoms with Crippen LogP contribution in [-0.2, 0) is 0 Å². The van der Waals surface area contributed by atoms with E-state index in [1.807, 2.05) is 36.1 Å². The first-order valence-corrected chi connectivity index (χ1v) is 10.1. The van der Waals surface area contributed by atoms with Gasteiger partial charge in [0.25, 0.3) is 5.91 Å². The highest BCUT2D eigenvalue weighted by Gasteiger charge is 2.20. The summed E-state index contributed by atoms with van der Waals surface area (Å²) in [4.78, 5) is 27.3. The van der Waals surface area contributed by atoms with Gasteiger partial charge in [-0.3, -0.25) is 4.79 Å². The Bertz CT molecular complexity index is 1150. The minimum absolute atomic E-state index is 0.00600. The molecule has 0 radical (unpaired) electrons. The predicted octanol–water partition coefficient (Wildman–Crippen LogP) is 4.19. The molecule has 3 heterocycles. The number of carbonyl (C=O) groups is 1. The summed E-state index contributed by atoms with van der Waals surface area (Å²) in [6, 6.07) is 14.9. The third-order valence-electron chi connectivity index (χ3n) is 4.89. The molecule has 0 aliphatic carbocycles. The summed E-state index contributed by atoms with van der Waals surface area (Å²) in [5, 5.41) is 0. The van der Waals surface area contributed by atoms with Crippen LogP contribution in [0.1, 0.15) is 34.6 Å². The second-order valence-electron chi connectivity index (χ2n) is 7.19. The number of aryl methyl sites for hydroxylation is 1. The van der Waals surface area contributed by atoms with E-state index in [2.05, 4.69) is 26.8 Å². The molecular formula is C25H22N4O2. The van der Waals surface area contributed by atoms with Gasteiger partial charge in [0, 0.05) is 36.7 Å². The smallest absolute Gasteiger partial charge is 0.321 e. The molecule has 3 aromatic rings. The third kappa shape index (κ3) is 5.55.